The molecule has 0 radical (unpaired) electrons. The van der Waals surface area contributed by atoms with Crippen LogP contribution in [0.1, 0.15) is 39.0 Å². The third-order valence-corrected chi connectivity index (χ3v) is 3.34. The maximum atomic E-state index is 12.2. The minimum absolute atomic E-state index is 0.0628. The summed E-state index contributed by atoms with van der Waals surface area (Å²) in [5.41, 5.74) is 4.76. The molecule has 1 unspecified atom stereocenters. The van der Waals surface area contributed by atoms with Crippen molar-refractivity contribution in [1.29, 1.82) is 0 Å². The fourth-order valence-corrected chi connectivity index (χ4v) is 2.45. The summed E-state index contributed by atoms with van der Waals surface area (Å²) in [5.74, 6) is -0.315. The van der Waals surface area contributed by atoms with Gasteiger partial charge in [-0.05, 0) is 25.8 Å². The van der Waals surface area contributed by atoms with Crippen LogP contribution < -0.4 is 16.4 Å². The van der Waals surface area contributed by atoms with E-state index in [0.717, 1.165) is 38.8 Å². The van der Waals surface area contributed by atoms with Gasteiger partial charge in [0.2, 0.25) is 11.8 Å². The van der Waals surface area contributed by atoms with E-state index in [-0.39, 0.29) is 23.7 Å². The van der Waals surface area contributed by atoms with Crippen LogP contribution in [-0.4, -0.2) is 31.4 Å². The highest BCUT2D eigenvalue weighted by atomic mass is 16.2. The van der Waals surface area contributed by atoms with Crippen LogP contribution in [0.5, 0.6) is 0 Å². The molecular weight excluding hydrogens is 218 g/mol. The number of carbonyl (C=O) groups is 2. The number of hydrogen-bond acceptors (Lipinski definition) is 3. The van der Waals surface area contributed by atoms with Crippen LogP contribution in [0, 0.1) is 5.41 Å². The van der Waals surface area contributed by atoms with E-state index in [2.05, 4.69) is 17.6 Å². The molecule has 1 atom stereocenters. The lowest BCUT2D eigenvalue weighted by molar-refractivity contribution is -0.132. The molecular formula is C12H23N3O2. The van der Waals surface area contributed by atoms with Crippen molar-refractivity contribution in [2.24, 2.45) is 11.1 Å². The van der Waals surface area contributed by atoms with Gasteiger partial charge in [-0.1, -0.05) is 13.3 Å². The lowest BCUT2D eigenvalue weighted by Crippen LogP contribution is -2.50. The smallest absolute Gasteiger partial charge is 0.227 e. The van der Waals surface area contributed by atoms with Crippen molar-refractivity contribution in [1.82, 2.24) is 10.6 Å². The predicted molar refractivity (Wildman–Crippen MR) is 66.3 cm³/mol. The van der Waals surface area contributed by atoms with Crippen LogP contribution in [0.2, 0.25) is 0 Å². The predicted octanol–water partition coefficient (Wildman–Crippen LogP) is 0.148. The fraction of sp³-hybridized carbons (Fsp3) is 0.833. The summed E-state index contributed by atoms with van der Waals surface area (Å²) in [7, 11) is 0. The molecule has 0 saturated carbocycles. The molecule has 5 nitrogen and oxygen atoms in total. The molecule has 4 N–H and O–H groups in total. The summed E-state index contributed by atoms with van der Waals surface area (Å²) in [6.45, 7) is 4.16. The summed E-state index contributed by atoms with van der Waals surface area (Å²) in [5, 5.41) is 6.12. The first-order chi connectivity index (χ1) is 8.10. The zero-order valence-electron chi connectivity index (χ0n) is 10.6. The second-order valence-corrected chi connectivity index (χ2v) is 4.78. The van der Waals surface area contributed by atoms with Crippen molar-refractivity contribution in [3.05, 3.63) is 0 Å². The van der Waals surface area contributed by atoms with Gasteiger partial charge in [0.05, 0.1) is 5.41 Å². The third-order valence-electron chi connectivity index (χ3n) is 3.34. The summed E-state index contributed by atoms with van der Waals surface area (Å²) in [4.78, 5) is 22.8. The van der Waals surface area contributed by atoms with Crippen LogP contribution in [-0.2, 0) is 9.59 Å². The number of nitrogens with one attached hydrogen (secondary N) is 2. The fourth-order valence-electron chi connectivity index (χ4n) is 2.45. The zero-order valence-corrected chi connectivity index (χ0v) is 10.6. The van der Waals surface area contributed by atoms with Gasteiger partial charge in [0, 0.05) is 19.5 Å². The molecule has 1 aliphatic rings. The number of carbonyl (C=O) groups excluding carboxylic acids is 2. The summed E-state index contributed by atoms with van der Waals surface area (Å²) >= 11 is 0. The van der Waals surface area contributed by atoms with Crippen LogP contribution in [0.3, 0.4) is 0 Å². The van der Waals surface area contributed by atoms with Crippen molar-refractivity contribution in [3.8, 4) is 0 Å². The highest BCUT2D eigenvalue weighted by Gasteiger charge is 2.38. The molecule has 1 rings (SSSR count). The highest BCUT2D eigenvalue weighted by molar-refractivity contribution is 5.83. The molecule has 5 heteroatoms. The second-order valence-electron chi connectivity index (χ2n) is 4.78. The van der Waals surface area contributed by atoms with E-state index in [9.17, 15) is 9.59 Å². The molecule has 17 heavy (non-hydrogen) atoms. The van der Waals surface area contributed by atoms with Gasteiger partial charge in [-0.25, -0.2) is 0 Å². The van der Waals surface area contributed by atoms with Crippen molar-refractivity contribution in [2.75, 3.05) is 19.6 Å². The SMILES string of the molecule is CCCC1(C(=O)NCCC(N)=O)CCCNC1. The van der Waals surface area contributed by atoms with Crippen molar-refractivity contribution < 1.29 is 9.59 Å². The monoisotopic (exact) mass is 241 g/mol. The summed E-state index contributed by atoms with van der Waals surface area (Å²) in [6.07, 6.45) is 4.05. The molecule has 0 aromatic heterocycles. The summed E-state index contributed by atoms with van der Waals surface area (Å²) < 4.78 is 0. The van der Waals surface area contributed by atoms with E-state index in [0.29, 0.717) is 6.54 Å². The topological polar surface area (TPSA) is 84.2 Å². The maximum Gasteiger partial charge on any atom is 0.227 e. The van der Waals surface area contributed by atoms with Gasteiger partial charge in [-0.3, -0.25) is 9.59 Å². The van der Waals surface area contributed by atoms with Crippen LogP contribution in [0.25, 0.3) is 0 Å². The average molecular weight is 241 g/mol. The molecule has 1 saturated heterocycles. The Kier molecular flexibility index (Phi) is 5.41. The zero-order chi connectivity index (χ0) is 12.7. The lowest BCUT2D eigenvalue weighted by Gasteiger charge is -2.36. The van der Waals surface area contributed by atoms with Crippen molar-refractivity contribution in [2.45, 2.75) is 39.0 Å². The van der Waals surface area contributed by atoms with Crippen LogP contribution in [0.4, 0.5) is 0 Å². The standard InChI is InChI=1S/C12H23N3O2/c1-2-5-12(6-3-7-14-9-12)11(17)15-8-4-10(13)16/h14H,2-9H2,1H3,(H2,13,16)(H,15,17). The molecule has 0 aromatic rings. The Morgan fingerprint density at radius 2 is 2.24 bits per heavy atom. The number of rotatable bonds is 6. The second kappa shape index (κ2) is 6.59. The van der Waals surface area contributed by atoms with E-state index >= 15 is 0 Å². The van der Waals surface area contributed by atoms with Gasteiger partial charge in [0.15, 0.2) is 0 Å². The molecule has 0 spiro atoms. The number of nitrogens with two attached hydrogens (primary N) is 1. The Bertz CT molecular complexity index is 267. The van der Waals surface area contributed by atoms with E-state index in [4.69, 9.17) is 5.73 Å². The maximum absolute atomic E-state index is 12.2. The highest BCUT2D eigenvalue weighted by Crippen LogP contribution is 2.31. The molecule has 98 valence electrons. The average Bonchev–Trinajstić information content (AvgIpc) is 2.30. The minimum atomic E-state index is -0.378. The van der Waals surface area contributed by atoms with E-state index in [1.807, 2.05) is 0 Å². The Balaban J connectivity index is 2.50. The van der Waals surface area contributed by atoms with Crippen LogP contribution >= 0.6 is 0 Å². The lowest BCUT2D eigenvalue weighted by atomic mass is 9.76. The first kappa shape index (κ1) is 14.0. The van der Waals surface area contributed by atoms with Crippen molar-refractivity contribution in [3.63, 3.8) is 0 Å². The number of hydrogen-bond donors (Lipinski definition) is 3. The number of primary amides is 1. The quantitative estimate of drug-likeness (QED) is 0.619. The normalized spacial score (nSPS) is 24.3. The Labute approximate surface area is 103 Å². The van der Waals surface area contributed by atoms with Gasteiger partial charge in [-0.15, -0.1) is 0 Å². The summed E-state index contributed by atoms with van der Waals surface area (Å²) in [6, 6.07) is 0. The number of amides is 2. The largest absolute Gasteiger partial charge is 0.370 e. The van der Waals surface area contributed by atoms with Gasteiger partial charge in [-0.2, -0.15) is 0 Å². The molecule has 0 aliphatic carbocycles. The van der Waals surface area contributed by atoms with Gasteiger partial charge in [0.1, 0.15) is 0 Å². The third kappa shape index (κ3) is 4.00. The number of piperidine rings is 1. The Morgan fingerprint density at radius 1 is 1.47 bits per heavy atom. The molecule has 1 fully saturated rings. The Hall–Kier alpha value is -1.10. The molecule has 2 amide bonds. The van der Waals surface area contributed by atoms with Crippen molar-refractivity contribution >= 4 is 11.8 Å². The minimum Gasteiger partial charge on any atom is -0.370 e. The molecule has 0 aromatic carbocycles. The van der Waals surface area contributed by atoms with E-state index in [1.54, 1.807) is 0 Å². The molecule has 1 heterocycles. The Morgan fingerprint density at radius 3 is 2.76 bits per heavy atom. The first-order valence-corrected chi connectivity index (χ1v) is 6.38. The first-order valence-electron chi connectivity index (χ1n) is 6.38. The van der Waals surface area contributed by atoms with Gasteiger partial charge >= 0.3 is 0 Å². The molecule has 1 aliphatic heterocycles. The van der Waals surface area contributed by atoms with E-state index < -0.39 is 0 Å². The van der Waals surface area contributed by atoms with Gasteiger partial charge in [0.25, 0.3) is 0 Å². The van der Waals surface area contributed by atoms with Gasteiger partial charge < -0.3 is 16.4 Å². The van der Waals surface area contributed by atoms with E-state index in [1.165, 1.54) is 0 Å². The van der Waals surface area contributed by atoms with Crippen LogP contribution in [0.15, 0.2) is 0 Å². The molecule has 0 bridgehead atoms.